The molecule has 0 aromatic heterocycles. The molecule has 2 aromatic carbocycles. The van der Waals surface area contributed by atoms with Crippen LogP contribution in [0.4, 0.5) is 0 Å². The van der Waals surface area contributed by atoms with Crippen LogP contribution in [-0.2, 0) is 31.9 Å². The predicted octanol–water partition coefficient (Wildman–Crippen LogP) is 5.78. The van der Waals surface area contributed by atoms with E-state index in [2.05, 4.69) is 24.3 Å². The van der Waals surface area contributed by atoms with Crippen LogP contribution in [0.3, 0.4) is 0 Å². The minimum absolute atomic E-state index is 0.0847. The van der Waals surface area contributed by atoms with Crippen LogP contribution in [0.1, 0.15) is 69.9 Å². The number of carbonyl (C=O) groups excluding carboxylic acids is 2. The molecule has 2 atom stereocenters. The van der Waals surface area contributed by atoms with E-state index in [0.717, 1.165) is 44.1 Å². The van der Waals surface area contributed by atoms with Crippen molar-refractivity contribution in [3.05, 3.63) is 59.7 Å². The van der Waals surface area contributed by atoms with Crippen molar-refractivity contribution in [1.82, 2.24) is 0 Å². The maximum atomic E-state index is 11.7. The molecule has 0 saturated carbocycles. The van der Waals surface area contributed by atoms with Crippen molar-refractivity contribution in [2.75, 3.05) is 7.11 Å². The molecule has 0 bridgehead atoms. The monoisotopic (exact) mass is 470 g/mol. The minimum atomic E-state index is -0.361. The van der Waals surface area contributed by atoms with Crippen molar-refractivity contribution in [3.8, 4) is 11.5 Å². The maximum Gasteiger partial charge on any atom is 0.302 e. The van der Waals surface area contributed by atoms with Crippen molar-refractivity contribution >= 4 is 11.9 Å². The van der Waals surface area contributed by atoms with E-state index >= 15 is 0 Å². The molecule has 0 aliphatic rings. The zero-order chi connectivity index (χ0) is 24.8. The number of methoxy groups -OCH3 is 1. The summed E-state index contributed by atoms with van der Waals surface area (Å²) >= 11 is 0. The van der Waals surface area contributed by atoms with E-state index in [9.17, 15) is 14.7 Å². The summed E-state index contributed by atoms with van der Waals surface area (Å²) in [7, 11) is 1.51. The Balaban J connectivity index is 1.84. The van der Waals surface area contributed by atoms with Gasteiger partial charge in [0.15, 0.2) is 11.5 Å². The highest BCUT2D eigenvalue weighted by Gasteiger charge is 2.21. The Morgan fingerprint density at radius 1 is 0.794 bits per heavy atom. The van der Waals surface area contributed by atoms with E-state index in [-0.39, 0.29) is 29.9 Å². The number of hydrogen-bond donors (Lipinski definition) is 1. The second-order valence-electron chi connectivity index (χ2n) is 8.68. The van der Waals surface area contributed by atoms with Crippen LogP contribution >= 0.6 is 0 Å². The number of hydrogen-bond acceptors (Lipinski definition) is 6. The van der Waals surface area contributed by atoms with Gasteiger partial charge in [-0.1, -0.05) is 49.2 Å². The van der Waals surface area contributed by atoms with Gasteiger partial charge in [0.1, 0.15) is 12.2 Å². The van der Waals surface area contributed by atoms with Gasteiger partial charge in [-0.2, -0.15) is 0 Å². The first-order chi connectivity index (χ1) is 16.4. The fourth-order valence-corrected chi connectivity index (χ4v) is 4.12. The second kappa shape index (κ2) is 15.0. The van der Waals surface area contributed by atoms with Gasteiger partial charge >= 0.3 is 11.9 Å². The lowest BCUT2D eigenvalue weighted by Crippen LogP contribution is -2.27. The first-order valence-corrected chi connectivity index (χ1v) is 12.1. The van der Waals surface area contributed by atoms with Gasteiger partial charge in [-0.3, -0.25) is 9.59 Å². The summed E-state index contributed by atoms with van der Waals surface area (Å²) < 4.78 is 16.3. The molecule has 0 amide bonds. The van der Waals surface area contributed by atoms with Crippen molar-refractivity contribution < 1.29 is 28.9 Å². The number of aryl methyl sites for hydroxylation is 2. The zero-order valence-corrected chi connectivity index (χ0v) is 20.6. The van der Waals surface area contributed by atoms with E-state index in [1.807, 2.05) is 12.1 Å². The third kappa shape index (κ3) is 10.7. The molecular formula is C28H38O6. The Kier molecular flexibility index (Phi) is 12.0. The largest absolute Gasteiger partial charge is 0.504 e. The molecule has 1 N–H and O–H groups in total. The van der Waals surface area contributed by atoms with Crippen LogP contribution in [-0.4, -0.2) is 36.4 Å². The van der Waals surface area contributed by atoms with Crippen molar-refractivity contribution in [2.45, 2.75) is 83.8 Å². The lowest BCUT2D eigenvalue weighted by Gasteiger charge is -2.23. The molecular weight excluding hydrogens is 432 g/mol. The number of benzene rings is 2. The predicted molar refractivity (Wildman–Crippen MR) is 132 cm³/mol. The first kappa shape index (κ1) is 27.2. The van der Waals surface area contributed by atoms with Gasteiger partial charge in [0.2, 0.25) is 0 Å². The second-order valence-corrected chi connectivity index (χ2v) is 8.68. The van der Waals surface area contributed by atoms with Crippen LogP contribution in [0.25, 0.3) is 0 Å². The number of phenols is 1. The number of phenolic OH excluding ortho intramolecular Hbond substituents is 1. The molecule has 2 unspecified atom stereocenters. The highest BCUT2D eigenvalue weighted by molar-refractivity contribution is 5.66. The average Bonchev–Trinajstić information content (AvgIpc) is 2.80. The van der Waals surface area contributed by atoms with Gasteiger partial charge in [0.25, 0.3) is 0 Å². The third-order valence-corrected chi connectivity index (χ3v) is 5.77. The van der Waals surface area contributed by atoms with Crippen LogP contribution in [0.5, 0.6) is 11.5 Å². The summed E-state index contributed by atoms with van der Waals surface area (Å²) in [5, 5.41) is 9.79. The van der Waals surface area contributed by atoms with E-state index in [1.54, 1.807) is 12.1 Å². The van der Waals surface area contributed by atoms with E-state index in [4.69, 9.17) is 14.2 Å². The van der Waals surface area contributed by atoms with Gasteiger partial charge < -0.3 is 19.3 Å². The highest BCUT2D eigenvalue weighted by Crippen LogP contribution is 2.27. The van der Waals surface area contributed by atoms with Crippen molar-refractivity contribution in [2.24, 2.45) is 0 Å². The molecule has 6 nitrogen and oxygen atoms in total. The van der Waals surface area contributed by atoms with Gasteiger partial charge in [-0.25, -0.2) is 0 Å². The molecule has 0 radical (unpaired) electrons. The van der Waals surface area contributed by atoms with Gasteiger partial charge in [0.05, 0.1) is 7.11 Å². The van der Waals surface area contributed by atoms with Crippen molar-refractivity contribution in [1.29, 1.82) is 0 Å². The summed E-state index contributed by atoms with van der Waals surface area (Å²) in [5.41, 5.74) is 2.32. The van der Waals surface area contributed by atoms with Crippen LogP contribution in [0.15, 0.2) is 48.5 Å². The molecule has 0 aliphatic heterocycles. The topological polar surface area (TPSA) is 82.1 Å². The number of rotatable bonds is 15. The molecule has 0 heterocycles. The molecule has 0 aliphatic carbocycles. The number of unbranched alkanes of at least 4 members (excludes halogenated alkanes) is 3. The number of ether oxygens (including phenoxy) is 3. The third-order valence-electron chi connectivity index (χ3n) is 5.77. The smallest absolute Gasteiger partial charge is 0.302 e. The SMILES string of the molecule is COc1cc(CCC(CC(CCCCCCc2ccccc2)OC(C)=O)OC(C)=O)ccc1O. The van der Waals surface area contributed by atoms with Crippen LogP contribution in [0, 0.1) is 0 Å². The lowest BCUT2D eigenvalue weighted by atomic mass is 9.98. The van der Waals surface area contributed by atoms with Gasteiger partial charge in [-0.15, -0.1) is 0 Å². The van der Waals surface area contributed by atoms with E-state index < -0.39 is 0 Å². The van der Waals surface area contributed by atoms with E-state index in [0.29, 0.717) is 25.0 Å². The van der Waals surface area contributed by atoms with Crippen LogP contribution in [0.2, 0.25) is 0 Å². The first-order valence-electron chi connectivity index (χ1n) is 12.1. The fourth-order valence-electron chi connectivity index (χ4n) is 4.12. The summed E-state index contributed by atoms with van der Waals surface area (Å²) in [6.07, 6.45) is 7.14. The Hall–Kier alpha value is -3.02. The Morgan fingerprint density at radius 2 is 1.44 bits per heavy atom. The fraction of sp³-hybridized carbons (Fsp3) is 0.500. The quantitative estimate of drug-likeness (QED) is 0.262. The molecule has 6 heteroatoms. The molecule has 2 rings (SSSR count). The summed E-state index contributed by atoms with van der Waals surface area (Å²) in [5.74, 6) is -0.178. The Morgan fingerprint density at radius 3 is 2.09 bits per heavy atom. The van der Waals surface area contributed by atoms with Crippen LogP contribution < -0.4 is 4.74 Å². The number of esters is 2. The average molecular weight is 471 g/mol. The Labute approximate surface area is 203 Å². The molecule has 34 heavy (non-hydrogen) atoms. The molecule has 0 saturated heterocycles. The number of aromatic hydroxyl groups is 1. The van der Waals surface area contributed by atoms with E-state index in [1.165, 1.54) is 26.5 Å². The normalized spacial score (nSPS) is 12.6. The Bertz CT molecular complexity index is 880. The molecule has 2 aromatic rings. The molecule has 186 valence electrons. The lowest BCUT2D eigenvalue weighted by molar-refractivity contribution is -0.153. The van der Waals surface area contributed by atoms with Gasteiger partial charge in [0, 0.05) is 20.3 Å². The highest BCUT2D eigenvalue weighted by atomic mass is 16.6. The standard InChI is InChI=1S/C28H38O6/c1-21(29)33-25(14-10-5-4-7-11-23-12-8-6-9-13-23)20-26(34-22(2)30)17-15-24-16-18-27(31)28(19-24)32-3/h6,8-9,12-13,16,18-19,25-26,31H,4-5,7,10-11,14-15,17,20H2,1-3H3. The minimum Gasteiger partial charge on any atom is -0.504 e. The van der Waals surface area contributed by atoms with Gasteiger partial charge in [-0.05, 0) is 61.8 Å². The van der Waals surface area contributed by atoms with Crippen molar-refractivity contribution in [3.63, 3.8) is 0 Å². The number of carbonyl (C=O) groups is 2. The molecule has 0 spiro atoms. The molecule has 0 fully saturated rings. The zero-order valence-electron chi connectivity index (χ0n) is 20.6. The summed E-state index contributed by atoms with van der Waals surface area (Å²) in [4.78, 5) is 23.3. The maximum absolute atomic E-state index is 11.7. The summed E-state index contributed by atoms with van der Waals surface area (Å²) in [6, 6.07) is 15.7. The summed E-state index contributed by atoms with van der Waals surface area (Å²) in [6.45, 7) is 2.81.